The van der Waals surface area contributed by atoms with Crippen molar-refractivity contribution in [2.45, 2.75) is 31.0 Å². The van der Waals surface area contributed by atoms with E-state index in [0.717, 1.165) is 11.5 Å². The quantitative estimate of drug-likeness (QED) is 0.706. The zero-order valence-electron chi connectivity index (χ0n) is 10.2. The van der Waals surface area contributed by atoms with Crippen molar-refractivity contribution in [1.82, 2.24) is 0 Å². The van der Waals surface area contributed by atoms with Gasteiger partial charge in [-0.1, -0.05) is 30.3 Å². The van der Waals surface area contributed by atoms with E-state index in [0.29, 0.717) is 23.5 Å². The normalized spacial score (nSPS) is 51.3. The number of hydrogen-bond acceptors (Lipinski definition) is 2. The number of fused-ring (bicyclic) bond motifs is 7. The standard InChI is InChI=1S/C16H16O2/c17-14-12-9-6-7-10(8-9)13(12)15-16(14,18-15)11-4-2-1-3-5-11/h1-5,9-10,12-13,15H,6-8H2/t9-,10+,12?,13?,15?,16?/m0/s1. The van der Waals surface area contributed by atoms with Crippen molar-refractivity contribution in [1.29, 1.82) is 0 Å². The minimum atomic E-state index is -0.530. The van der Waals surface area contributed by atoms with Gasteiger partial charge in [0.1, 0.15) is 6.10 Å². The summed E-state index contributed by atoms with van der Waals surface area (Å²) in [5, 5.41) is 0. The van der Waals surface area contributed by atoms with Crippen LogP contribution in [0.15, 0.2) is 30.3 Å². The molecule has 2 heteroatoms. The number of ketones is 1. The molecule has 0 amide bonds. The van der Waals surface area contributed by atoms with Gasteiger partial charge in [0.05, 0.1) is 0 Å². The number of ether oxygens (including phenoxy) is 1. The molecule has 4 unspecified atom stereocenters. The van der Waals surface area contributed by atoms with Gasteiger partial charge < -0.3 is 4.74 Å². The maximum absolute atomic E-state index is 12.8. The highest BCUT2D eigenvalue weighted by atomic mass is 16.6. The number of rotatable bonds is 1. The summed E-state index contributed by atoms with van der Waals surface area (Å²) >= 11 is 0. The van der Waals surface area contributed by atoms with Crippen LogP contribution in [-0.4, -0.2) is 11.9 Å². The first-order valence-electron chi connectivity index (χ1n) is 7.10. The van der Waals surface area contributed by atoms with Crippen LogP contribution in [0, 0.1) is 23.7 Å². The van der Waals surface area contributed by atoms with E-state index in [1.165, 1.54) is 19.3 Å². The Morgan fingerprint density at radius 2 is 1.89 bits per heavy atom. The molecule has 92 valence electrons. The molecule has 0 spiro atoms. The Morgan fingerprint density at radius 1 is 1.11 bits per heavy atom. The van der Waals surface area contributed by atoms with Gasteiger partial charge in [-0.05, 0) is 36.7 Å². The average Bonchev–Trinajstić information content (AvgIpc) is 2.71. The van der Waals surface area contributed by atoms with Gasteiger partial charge in [-0.3, -0.25) is 4.79 Å². The molecule has 0 N–H and O–H groups in total. The highest BCUT2D eigenvalue weighted by molar-refractivity contribution is 5.97. The van der Waals surface area contributed by atoms with Crippen LogP contribution in [0.1, 0.15) is 24.8 Å². The lowest BCUT2D eigenvalue weighted by Crippen LogP contribution is -2.30. The lowest BCUT2D eigenvalue weighted by Gasteiger charge is -2.25. The maximum atomic E-state index is 12.8. The first kappa shape index (κ1) is 9.74. The number of epoxide rings is 1. The lowest BCUT2D eigenvalue weighted by molar-refractivity contribution is -0.130. The number of carbonyl (C=O) groups is 1. The predicted molar refractivity (Wildman–Crippen MR) is 65.8 cm³/mol. The largest absolute Gasteiger partial charge is 0.352 e. The Bertz CT molecular complexity index is 537. The third kappa shape index (κ3) is 0.881. The van der Waals surface area contributed by atoms with Crippen molar-refractivity contribution in [3.05, 3.63) is 35.9 Å². The molecule has 1 saturated heterocycles. The fraction of sp³-hybridized carbons (Fsp3) is 0.562. The molecule has 4 aliphatic rings. The molecule has 2 bridgehead atoms. The molecule has 5 rings (SSSR count). The van der Waals surface area contributed by atoms with Crippen LogP contribution >= 0.6 is 0 Å². The monoisotopic (exact) mass is 240 g/mol. The van der Waals surface area contributed by atoms with Crippen LogP contribution < -0.4 is 0 Å². The zero-order chi connectivity index (χ0) is 11.9. The van der Waals surface area contributed by atoms with Gasteiger partial charge in [0, 0.05) is 11.8 Å². The van der Waals surface area contributed by atoms with Crippen LogP contribution in [-0.2, 0) is 15.1 Å². The second-order valence-electron chi connectivity index (χ2n) is 6.44. The minimum absolute atomic E-state index is 0.202. The molecule has 2 nitrogen and oxygen atoms in total. The molecular formula is C16H16O2. The molecule has 1 aromatic carbocycles. The van der Waals surface area contributed by atoms with Crippen molar-refractivity contribution >= 4 is 5.78 Å². The summed E-state index contributed by atoms with van der Waals surface area (Å²) in [7, 11) is 0. The highest BCUT2D eigenvalue weighted by Crippen LogP contribution is 2.69. The summed E-state index contributed by atoms with van der Waals surface area (Å²) in [5.74, 6) is 2.70. The van der Waals surface area contributed by atoms with Gasteiger partial charge in [-0.25, -0.2) is 0 Å². The van der Waals surface area contributed by atoms with E-state index in [2.05, 4.69) is 12.1 Å². The average molecular weight is 240 g/mol. The Kier molecular flexibility index (Phi) is 1.56. The number of carbonyl (C=O) groups excluding carboxylic acids is 1. The second kappa shape index (κ2) is 2.88. The molecule has 4 fully saturated rings. The number of benzene rings is 1. The third-order valence-electron chi connectivity index (χ3n) is 5.86. The number of Topliss-reactive ketones (excluding diaryl/α,β-unsaturated/α-hetero) is 1. The summed E-state index contributed by atoms with van der Waals surface area (Å²) in [6.07, 6.45) is 4.08. The van der Waals surface area contributed by atoms with E-state index < -0.39 is 5.60 Å². The van der Waals surface area contributed by atoms with Gasteiger partial charge in [0.15, 0.2) is 11.4 Å². The van der Waals surface area contributed by atoms with Gasteiger partial charge in [-0.15, -0.1) is 0 Å². The van der Waals surface area contributed by atoms with Gasteiger partial charge in [-0.2, -0.15) is 0 Å². The summed E-state index contributed by atoms with van der Waals surface area (Å²) in [5.41, 5.74) is 0.562. The van der Waals surface area contributed by atoms with Crippen LogP contribution in [0.5, 0.6) is 0 Å². The first-order valence-corrected chi connectivity index (χ1v) is 7.10. The molecule has 1 aliphatic heterocycles. The maximum Gasteiger partial charge on any atom is 0.178 e. The van der Waals surface area contributed by atoms with E-state index in [9.17, 15) is 4.79 Å². The van der Waals surface area contributed by atoms with Crippen molar-refractivity contribution in [2.75, 3.05) is 0 Å². The van der Waals surface area contributed by atoms with E-state index >= 15 is 0 Å². The van der Waals surface area contributed by atoms with Gasteiger partial charge in [0.2, 0.25) is 0 Å². The van der Waals surface area contributed by atoms with Gasteiger partial charge >= 0.3 is 0 Å². The Morgan fingerprint density at radius 3 is 2.67 bits per heavy atom. The predicted octanol–water partition coefficient (Wildman–Crippen LogP) is 2.53. The van der Waals surface area contributed by atoms with E-state index in [1.807, 2.05) is 18.2 Å². The smallest absolute Gasteiger partial charge is 0.178 e. The fourth-order valence-corrected chi connectivity index (χ4v) is 5.18. The Labute approximate surface area is 106 Å². The SMILES string of the molecule is O=C1C2C(C3OC13c1ccccc1)[C@@H]1CC[C@H]2C1. The third-order valence-corrected chi connectivity index (χ3v) is 5.86. The Hall–Kier alpha value is -1.15. The van der Waals surface area contributed by atoms with Crippen molar-refractivity contribution in [3.8, 4) is 0 Å². The molecule has 3 aliphatic carbocycles. The summed E-state index contributed by atoms with van der Waals surface area (Å²) < 4.78 is 5.96. The van der Waals surface area contributed by atoms with Crippen molar-refractivity contribution in [2.24, 2.45) is 23.7 Å². The molecule has 0 aromatic heterocycles. The lowest BCUT2D eigenvalue weighted by atomic mass is 9.80. The van der Waals surface area contributed by atoms with E-state index in [-0.39, 0.29) is 6.10 Å². The van der Waals surface area contributed by atoms with Crippen LogP contribution in [0.25, 0.3) is 0 Å². The summed E-state index contributed by atoms with van der Waals surface area (Å²) in [4.78, 5) is 12.8. The van der Waals surface area contributed by atoms with Gasteiger partial charge in [0.25, 0.3) is 0 Å². The van der Waals surface area contributed by atoms with Crippen LogP contribution in [0.2, 0.25) is 0 Å². The molecular weight excluding hydrogens is 224 g/mol. The molecule has 1 aromatic rings. The fourth-order valence-electron chi connectivity index (χ4n) is 5.18. The summed E-state index contributed by atoms with van der Waals surface area (Å²) in [6.45, 7) is 0. The van der Waals surface area contributed by atoms with Crippen LogP contribution in [0.4, 0.5) is 0 Å². The van der Waals surface area contributed by atoms with E-state index in [1.54, 1.807) is 0 Å². The molecule has 0 radical (unpaired) electrons. The first-order chi connectivity index (χ1) is 8.82. The molecule has 6 atom stereocenters. The van der Waals surface area contributed by atoms with E-state index in [4.69, 9.17) is 4.74 Å². The van der Waals surface area contributed by atoms with Crippen molar-refractivity contribution in [3.63, 3.8) is 0 Å². The topological polar surface area (TPSA) is 29.6 Å². The minimum Gasteiger partial charge on any atom is -0.352 e. The highest BCUT2D eigenvalue weighted by Gasteiger charge is 2.78. The Balaban J connectivity index is 1.62. The zero-order valence-corrected chi connectivity index (χ0v) is 10.2. The molecule has 1 heterocycles. The van der Waals surface area contributed by atoms with Crippen LogP contribution in [0.3, 0.4) is 0 Å². The molecule has 18 heavy (non-hydrogen) atoms. The van der Waals surface area contributed by atoms with Crippen molar-refractivity contribution < 1.29 is 9.53 Å². The number of hydrogen-bond donors (Lipinski definition) is 0. The molecule has 3 saturated carbocycles. The summed E-state index contributed by atoms with van der Waals surface area (Å²) in [6, 6.07) is 10.1. The second-order valence-corrected chi connectivity index (χ2v) is 6.44.